The smallest absolute Gasteiger partial charge is 0.0715 e. The van der Waals surface area contributed by atoms with Crippen LogP contribution in [0.1, 0.15) is 23.5 Å². The van der Waals surface area contributed by atoms with Crippen molar-refractivity contribution in [2.45, 2.75) is 18.8 Å². The molecule has 0 aliphatic heterocycles. The van der Waals surface area contributed by atoms with E-state index in [1.165, 1.54) is 5.56 Å². The van der Waals surface area contributed by atoms with E-state index in [0.29, 0.717) is 0 Å². The van der Waals surface area contributed by atoms with Crippen molar-refractivity contribution in [2.75, 3.05) is 0 Å². The standard InChI is InChI=1S/C16H15N/c17-13-16(15-9-5-2-6-10-15)12-11-14-7-3-1-4-8-14/h1-10,16H,11-12H2/t16-/m1/s1. The topological polar surface area (TPSA) is 23.8 Å². The zero-order chi connectivity index (χ0) is 11.9. The Morgan fingerprint density at radius 1 is 0.882 bits per heavy atom. The molecular formula is C16H15N. The molecule has 2 aromatic carbocycles. The number of aryl methyl sites for hydroxylation is 1. The van der Waals surface area contributed by atoms with E-state index in [9.17, 15) is 5.26 Å². The molecular weight excluding hydrogens is 206 g/mol. The first kappa shape index (κ1) is 11.4. The third-order valence-corrected chi connectivity index (χ3v) is 2.92. The normalized spacial score (nSPS) is 11.7. The van der Waals surface area contributed by atoms with Gasteiger partial charge in [-0.05, 0) is 24.0 Å². The minimum absolute atomic E-state index is 0.00333. The monoisotopic (exact) mass is 221 g/mol. The lowest BCUT2D eigenvalue weighted by atomic mass is 9.94. The van der Waals surface area contributed by atoms with E-state index in [0.717, 1.165) is 18.4 Å². The van der Waals surface area contributed by atoms with Crippen molar-refractivity contribution in [3.8, 4) is 6.07 Å². The molecule has 0 aromatic heterocycles. The summed E-state index contributed by atoms with van der Waals surface area (Å²) >= 11 is 0. The SMILES string of the molecule is N#C[C@@H](CCc1ccccc1)c1ccccc1. The molecule has 17 heavy (non-hydrogen) atoms. The molecule has 0 saturated carbocycles. The zero-order valence-electron chi connectivity index (χ0n) is 9.71. The summed E-state index contributed by atoms with van der Waals surface area (Å²) in [4.78, 5) is 0. The molecule has 0 saturated heterocycles. The van der Waals surface area contributed by atoms with Crippen LogP contribution in [0.25, 0.3) is 0 Å². The Balaban J connectivity index is 2.01. The summed E-state index contributed by atoms with van der Waals surface area (Å²) in [7, 11) is 0. The van der Waals surface area contributed by atoms with E-state index >= 15 is 0 Å². The van der Waals surface area contributed by atoms with Gasteiger partial charge in [-0.1, -0.05) is 60.7 Å². The van der Waals surface area contributed by atoms with Crippen LogP contribution < -0.4 is 0 Å². The predicted octanol–water partition coefficient (Wildman–Crippen LogP) is 3.93. The van der Waals surface area contributed by atoms with Gasteiger partial charge in [0, 0.05) is 0 Å². The van der Waals surface area contributed by atoms with Crippen molar-refractivity contribution in [3.63, 3.8) is 0 Å². The molecule has 0 N–H and O–H groups in total. The van der Waals surface area contributed by atoms with Gasteiger partial charge in [0.1, 0.15) is 0 Å². The first-order chi connectivity index (χ1) is 8.40. The van der Waals surface area contributed by atoms with Crippen LogP contribution in [0.4, 0.5) is 0 Å². The second-order valence-electron chi connectivity index (χ2n) is 4.12. The third-order valence-electron chi connectivity index (χ3n) is 2.92. The van der Waals surface area contributed by atoms with E-state index < -0.39 is 0 Å². The highest BCUT2D eigenvalue weighted by molar-refractivity contribution is 5.25. The van der Waals surface area contributed by atoms with E-state index in [1.807, 2.05) is 48.5 Å². The number of benzene rings is 2. The molecule has 1 nitrogen and oxygen atoms in total. The van der Waals surface area contributed by atoms with Gasteiger partial charge in [-0.25, -0.2) is 0 Å². The van der Waals surface area contributed by atoms with Crippen molar-refractivity contribution < 1.29 is 0 Å². The summed E-state index contributed by atoms with van der Waals surface area (Å²) in [6, 6.07) is 22.7. The highest BCUT2D eigenvalue weighted by atomic mass is 14.3. The minimum Gasteiger partial charge on any atom is -0.198 e. The predicted molar refractivity (Wildman–Crippen MR) is 69.6 cm³/mol. The van der Waals surface area contributed by atoms with Gasteiger partial charge in [-0.3, -0.25) is 0 Å². The van der Waals surface area contributed by atoms with Crippen LogP contribution in [0.5, 0.6) is 0 Å². The van der Waals surface area contributed by atoms with Gasteiger partial charge in [-0.2, -0.15) is 5.26 Å². The van der Waals surface area contributed by atoms with Gasteiger partial charge in [0.2, 0.25) is 0 Å². The second-order valence-corrected chi connectivity index (χ2v) is 4.12. The lowest BCUT2D eigenvalue weighted by Gasteiger charge is -2.09. The quantitative estimate of drug-likeness (QED) is 0.767. The van der Waals surface area contributed by atoms with Crippen LogP contribution in [0.3, 0.4) is 0 Å². The van der Waals surface area contributed by atoms with Crippen molar-refractivity contribution >= 4 is 0 Å². The van der Waals surface area contributed by atoms with Crippen LogP contribution >= 0.6 is 0 Å². The molecule has 0 aliphatic rings. The minimum atomic E-state index is -0.00333. The number of hydrogen-bond donors (Lipinski definition) is 0. The van der Waals surface area contributed by atoms with Crippen LogP contribution in [-0.2, 0) is 6.42 Å². The number of rotatable bonds is 4. The summed E-state index contributed by atoms with van der Waals surface area (Å²) in [6.45, 7) is 0. The average Bonchev–Trinajstić information content (AvgIpc) is 2.42. The van der Waals surface area contributed by atoms with Crippen LogP contribution in [0, 0.1) is 11.3 Å². The van der Waals surface area contributed by atoms with Crippen molar-refractivity contribution in [1.29, 1.82) is 5.26 Å². The van der Waals surface area contributed by atoms with E-state index in [4.69, 9.17) is 0 Å². The fourth-order valence-electron chi connectivity index (χ4n) is 1.95. The maximum absolute atomic E-state index is 9.21. The fourth-order valence-corrected chi connectivity index (χ4v) is 1.95. The molecule has 0 unspecified atom stereocenters. The Bertz CT molecular complexity index is 482. The molecule has 0 radical (unpaired) electrons. The number of nitrogens with zero attached hydrogens (tertiary/aromatic N) is 1. The fraction of sp³-hybridized carbons (Fsp3) is 0.188. The maximum atomic E-state index is 9.21. The van der Waals surface area contributed by atoms with Gasteiger partial charge in [0.25, 0.3) is 0 Å². The van der Waals surface area contributed by atoms with Gasteiger partial charge in [0.15, 0.2) is 0 Å². The molecule has 0 aliphatic carbocycles. The Morgan fingerprint density at radius 2 is 1.47 bits per heavy atom. The maximum Gasteiger partial charge on any atom is 0.0715 e. The highest BCUT2D eigenvalue weighted by Crippen LogP contribution is 2.20. The van der Waals surface area contributed by atoms with E-state index in [2.05, 4.69) is 18.2 Å². The Kier molecular flexibility index (Phi) is 3.94. The summed E-state index contributed by atoms with van der Waals surface area (Å²) in [6.07, 6.45) is 1.83. The van der Waals surface area contributed by atoms with E-state index in [-0.39, 0.29) is 5.92 Å². The molecule has 0 bridgehead atoms. The number of nitriles is 1. The Labute approximate surface area is 102 Å². The highest BCUT2D eigenvalue weighted by Gasteiger charge is 2.09. The second kappa shape index (κ2) is 5.86. The molecule has 0 fully saturated rings. The van der Waals surface area contributed by atoms with E-state index in [1.54, 1.807) is 0 Å². The zero-order valence-corrected chi connectivity index (χ0v) is 9.71. The molecule has 0 amide bonds. The van der Waals surface area contributed by atoms with Crippen LogP contribution in [-0.4, -0.2) is 0 Å². The first-order valence-corrected chi connectivity index (χ1v) is 5.88. The molecule has 84 valence electrons. The van der Waals surface area contributed by atoms with Gasteiger partial charge < -0.3 is 0 Å². The van der Waals surface area contributed by atoms with Gasteiger partial charge in [0.05, 0.1) is 12.0 Å². The van der Waals surface area contributed by atoms with Crippen molar-refractivity contribution in [3.05, 3.63) is 71.8 Å². The van der Waals surface area contributed by atoms with Crippen molar-refractivity contribution in [1.82, 2.24) is 0 Å². The first-order valence-electron chi connectivity index (χ1n) is 5.88. The lowest BCUT2D eigenvalue weighted by Crippen LogP contribution is -1.98. The lowest BCUT2D eigenvalue weighted by molar-refractivity contribution is 0.746. The molecule has 2 rings (SSSR count). The molecule has 0 heterocycles. The number of hydrogen-bond acceptors (Lipinski definition) is 1. The molecule has 0 spiro atoms. The summed E-state index contributed by atoms with van der Waals surface area (Å²) < 4.78 is 0. The summed E-state index contributed by atoms with van der Waals surface area (Å²) in [5, 5.41) is 9.21. The Hall–Kier alpha value is -2.07. The molecule has 1 heteroatoms. The third kappa shape index (κ3) is 3.19. The van der Waals surface area contributed by atoms with Gasteiger partial charge >= 0.3 is 0 Å². The van der Waals surface area contributed by atoms with Crippen LogP contribution in [0.15, 0.2) is 60.7 Å². The largest absolute Gasteiger partial charge is 0.198 e. The average molecular weight is 221 g/mol. The summed E-state index contributed by atoms with van der Waals surface area (Å²) in [5.41, 5.74) is 2.41. The van der Waals surface area contributed by atoms with Gasteiger partial charge in [-0.15, -0.1) is 0 Å². The molecule has 2 aromatic rings. The molecule has 1 atom stereocenters. The Morgan fingerprint density at radius 3 is 2.06 bits per heavy atom. The van der Waals surface area contributed by atoms with Crippen LogP contribution in [0.2, 0.25) is 0 Å². The van der Waals surface area contributed by atoms with Crippen molar-refractivity contribution in [2.24, 2.45) is 0 Å². The summed E-state index contributed by atoms with van der Waals surface area (Å²) in [5.74, 6) is -0.00333.